The van der Waals surface area contributed by atoms with Crippen LogP contribution in [0.25, 0.3) is 0 Å². The lowest BCUT2D eigenvalue weighted by Gasteiger charge is -2.14. The van der Waals surface area contributed by atoms with Crippen molar-refractivity contribution in [1.29, 1.82) is 0 Å². The van der Waals surface area contributed by atoms with E-state index in [1.165, 1.54) is 13.8 Å². The monoisotopic (exact) mass is 377 g/mol. The van der Waals surface area contributed by atoms with E-state index in [2.05, 4.69) is 22.8 Å². The Morgan fingerprint density at radius 2 is 1.04 bits per heavy atom. The van der Waals surface area contributed by atoms with Gasteiger partial charge in [0.1, 0.15) is 10.9 Å². The van der Waals surface area contributed by atoms with Crippen molar-refractivity contribution in [3.63, 3.8) is 0 Å². The molecule has 0 heterocycles. The first kappa shape index (κ1) is 18.7. The molecule has 2 N–H and O–H groups in total. The molecule has 0 fully saturated rings. The van der Waals surface area contributed by atoms with Crippen LogP contribution in [-0.4, -0.2) is 11.8 Å². The highest BCUT2D eigenvalue weighted by molar-refractivity contribution is 7.97. The summed E-state index contributed by atoms with van der Waals surface area (Å²) >= 11 is 0. The molecule has 0 atom stereocenters. The van der Waals surface area contributed by atoms with Gasteiger partial charge < -0.3 is 10.6 Å². The molecule has 4 nitrogen and oxygen atoms in total. The second-order valence-electron chi connectivity index (χ2n) is 5.97. The Kier molecular flexibility index (Phi) is 5.94. The summed E-state index contributed by atoms with van der Waals surface area (Å²) in [5, 5.41) is 5.87. The number of hydrogen-bond donors (Lipinski definition) is 2. The Balaban J connectivity index is 2.21. The summed E-state index contributed by atoms with van der Waals surface area (Å²) < 4.78 is 0. The van der Waals surface area contributed by atoms with Gasteiger partial charge in [-0.2, -0.15) is 0 Å². The summed E-state index contributed by atoms with van der Waals surface area (Å²) in [5.74, 6) is -0.233. The highest BCUT2D eigenvalue weighted by Gasteiger charge is 2.33. The molecule has 0 aliphatic carbocycles. The molecule has 0 bridgehead atoms. The third kappa shape index (κ3) is 4.57. The first-order chi connectivity index (χ1) is 13.1. The molecule has 0 radical (unpaired) electrons. The molecule has 0 aliphatic rings. The fourth-order valence-corrected chi connectivity index (χ4v) is 5.09. The van der Waals surface area contributed by atoms with Gasteiger partial charge in [0.05, 0.1) is 11.4 Å². The van der Waals surface area contributed by atoms with Crippen LogP contribution in [0.4, 0.5) is 11.4 Å². The van der Waals surface area contributed by atoms with Crippen LogP contribution < -0.4 is 10.6 Å². The lowest BCUT2D eigenvalue weighted by molar-refractivity contribution is -0.115. The van der Waals surface area contributed by atoms with Gasteiger partial charge in [-0.15, -0.1) is 0 Å². The van der Waals surface area contributed by atoms with Gasteiger partial charge in [0.25, 0.3) is 0 Å². The molecular weight excluding hydrogens is 356 g/mol. The number of anilines is 2. The molecule has 0 saturated carbocycles. The summed E-state index contributed by atoms with van der Waals surface area (Å²) in [7, 11) is -0.500. The van der Waals surface area contributed by atoms with E-state index in [0.29, 0.717) is 0 Å². The number of hydrogen-bond acceptors (Lipinski definition) is 2. The highest BCUT2D eigenvalue weighted by Crippen LogP contribution is 2.38. The van der Waals surface area contributed by atoms with Crippen LogP contribution in [0.5, 0.6) is 0 Å². The lowest BCUT2D eigenvalue weighted by atomic mass is 10.3. The predicted octanol–water partition coefficient (Wildman–Crippen LogP) is 4.70. The van der Waals surface area contributed by atoms with Crippen LogP contribution in [0, 0.1) is 0 Å². The average Bonchev–Trinajstić information content (AvgIpc) is 2.65. The number of carbonyl (C=O) groups is 2. The molecule has 27 heavy (non-hydrogen) atoms. The minimum Gasteiger partial charge on any atom is -0.322 e. The third-order valence-corrected chi connectivity index (χ3v) is 6.15. The number of benzene rings is 3. The van der Waals surface area contributed by atoms with Crippen molar-refractivity contribution < 1.29 is 9.59 Å². The molecule has 136 valence electrons. The zero-order chi connectivity index (χ0) is 19.2. The van der Waals surface area contributed by atoms with Crippen molar-refractivity contribution in [3.05, 3.63) is 78.9 Å². The smallest absolute Gasteiger partial charge is 0.221 e. The van der Waals surface area contributed by atoms with Gasteiger partial charge in [0.2, 0.25) is 11.8 Å². The summed E-state index contributed by atoms with van der Waals surface area (Å²) in [6, 6.07) is 25.7. The molecule has 0 aliphatic heterocycles. The molecule has 3 aromatic carbocycles. The SMILES string of the molecule is CC(=O)Nc1ccccc1[S+](c1ccccc1)c1ccccc1NC(C)=O. The first-order valence-corrected chi connectivity index (χ1v) is 9.81. The molecule has 3 aromatic rings. The van der Waals surface area contributed by atoms with Crippen LogP contribution in [0.3, 0.4) is 0 Å². The van der Waals surface area contributed by atoms with Crippen molar-refractivity contribution in [2.24, 2.45) is 0 Å². The summed E-state index contributed by atoms with van der Waals surface area (Å²) in [5.41, 5.74) is 1.55. The fourth-order valence-electron chi connectivity index (χ4n) is 2.80. The van der Waals surface area contributed by atoms with Crippen LogP contribution in [0.2, 0.25) is 0 Å². The van der Waals surface area contributed by atoms with Gasteiger partial charge in [-0.3, -0.25) is 9.59 Å². The lowest BCUT2D eigenvalue weighted by Crippen LogP contribution is -2.15. The van der Waals surface area contributed by atoms with Gasteiger partial charge in [-0.25, -0.2) is 0 Å². The standard InChI is InChI=1S/C22H20N2O2S/c1-16(25)23-19-12-6-8-14-21(19)27(18-10-4-3-5-11-18)22-15-9-7-13-20(22)24-17(2)26/h3-15H,1-2H3,(H-,23,24,25,26)/p+1. The van der Waals surface area contributed by atoms with E-state index >= 15 is 0 Å². The van der Waals surface area contributed by atoms with Gasteiger partial charge in [0, 0.05) is 13.8 Å². The largest absolute Gasteiger partial charge is 0.322 e. The Labute approximate surface area is 162 Å². The molecule has 5 heteroatoms. The minimum atomic E-state index is -0.500. The molecule has 0 saturated heterocycles. The highest BCUT2D eigenvalue weighted by atomic mass is 32.2. The maximum Gasteiger partial charge on any atom is 0.221 e. The van der Waals surface area contributed by atoms with Gasteiger partial charge in [-0.1, -0.05) is 42.5 Å². The van der Waals surface area contributed by atoms with E-state index < -0.39 is 10.9 Å². The number of nitrogens with one attached hydrogen (secondary N) is 2. The fraction of sp³-hybridized carbons (Fsp3) is 0.0909. The third-order valence-electron chi connectivity index (χ3n) is 3.81. The number of para-hydroxylation sites is 2. The Morgan fingerprint density at radius 1 is 0.630 bits per heavy atom. The minimum absolute atomic E-state index is 0.116. The van der Waals surface area contributed by atoms with Crippen LogP contribution in [-0.2, 0) is 20.5 Å². The first-order valence-electron chi connectivity index (χ1n) is 8.59. The van der Waals surface area contributed by atoms with E-state index in [4.69, 9.17) is 0 Å². The Morgan fingerprint density at radius 3 is 1.48 bits per heavy atom. The van der Waals surface area contributed by atoms with E-state index in [0.717, 1.165) is 26.1 Å². The maximum atomic E-state index is 11.7. The maximum absolute atomic E-state index is 11.7. The summed E-state index contributed by atoms with van der Waals surface area (Å²) in [6.45, 7) is 3.01. The van der Waals surface area contributed by atoms with Crippen molar-refractivity contribution in [2.75, 3.05) is 10.6 Å². The second-order valence-corrected chi connectivity index (χ2v) is 7.94. The molecule has 0 aromatic heterocycles. The van der Waals surface area contributed by atoms with Gasteiger partial charge in [0.15, 0.2) is 14.7 Å². The number of amides is 2. The number of carbonyl (C=O) groups excluding carboxylic acids is 2. The van der Waals surface area contributed by atoms with Gasteiger partial charge in [-0.05, 0) is 36.4 Å². The molecule has 0 unspecified atom stereocenters. The predicted molar refractivity (Wildman–Crippen MR) is 110 cm³/mol. The topological polar surface area (TPSA) is 58.2 Å². The summed E-state index contributed by atoms with van der Waals surface area (Å²) in [4.78, 5) is 26.5. The van der Waals surface area contributed by atoms with E-state index in [1.807, 2.05) is 66.7 Å². The molecule has 2 amide bonds. The quantitative estimate of drug-likeness (QED) is 0.633. The average molecular weight is 377 g/mol. The molecule has 3 rings (SSSR count). The number of rotatable bonds is 5. The van der Waals surface area contributed by atoms with Crippen molar-refractivity contribution in [2.45, 2.75) is 28.5 Å². The zero-order valence-electron chi connectivity index (χ0n) is 15.2. The van der Waals surface area contributed by atoms with Crippen LogP contribution in [0.1, 0.15) is 13.8 Å². The van der Waals surface area contributed by atoms with E-state index in [9.17, 15) is 9.59 Å². The molecule has 0 spiro atoms. The van der Waals surface area contributed by atoms with E-state index in [1.54, 1.807) is 0 Å². The van der Waals surface area contributed by atoms with Crippen LogP contribution in [0.15, 0.2) is 93.5 Å². The van der Waals surface area contributed by atoms with Crippen molar-refractivity contribution in [1.82, 2.24) is 0 Å². The Bertz CT molecular complexity index is 898. The van der Waals surface area contributed by atoms with Crippen molar-refractivity contribution in [3.8, 4) is 0 Å². The van der Waals surface area contributed by atoms with Crippen molar-refractivity contribution >= 4 is 34.1 Å². The molecular formula is C22H21N2O2S+. The normalized spacial score (nSPS) is 10.5. The van der Waals surface area contributed by atoms with E-state index in [-0.39, 0.29) is 11.8 Å². The summed E-state index contributed by atoms with van der Waals surface area (Å²) in [6.07, 6.45) is 0. The Hall–Kier alpha value is -3.05. The van der Waals surface area contributed by atoms with Crippen LogP contribution >= 0.6 is 0 Å². The zero-order valence-corrected chi connectivity index (χ0v) is 16.0. The second kappa shape index (κ2) is 8.56. The van der Waals surface area contributed by atoms with Gasteiger partial charge >= 0.3 is 0 Å².